The molecule has 0 saturated heterocycles. The van der Waals surface area contributed by atoms with Gasteiger partial charge in [0, 0.05) is 12.5 Å². The van der Waals surface area contributed by atoms with Gasteiger partial charge in [-0.2, -0.15) is 0 Å². The number of amides is 1. The molecule has 1 atom stereocenters. The molecule has 0 aromatic carbocycles. The summed E-state index contributed by atoms with van der Waals surface area (Å²) in [5.41, 5.74) is 0.259. The SMILES string of the molecule is CC(CCc1ccco1)NC(=O)c1cnc(Cl)cn1. The minimum absolute atomic E-state index is 0.0232. The monoisotopic (exact) mass is 279 g/mol. The standard InChI is InChI=1S/C13H14ClN3O2/c1-9(4-5-10-3-2-6-19-10)17-13(18)11-7-16-12(14)8-15-11/h2-3,6-9H,4-5H2,1H3,(H,17,18). The van der Waals surface area contributed by atoms with Crippen LogP contribution in [0.25, 0.3) is 0 Å². The molecule has 1 N–H and O–H groups in total. The predicted molar refractivity (Wildman–Crippen MR) is 71.0 cm³/mol. The van der Waals surface area contributed by atoms with Crippen LogP contribution < -0.4 is 5.32 Å². The Kier molecular flexibility index (Phi) is 4.52. The Morgan fingerprint density at radius 2 is 2.32 bits per heavy atom. The first-order valence-electron chi connectivity index (χ1n) is 5.96. The van der Waals surface area contributed by atoms with Gasteiger partial charge in [-0.1, -0.05) is 11.6 Å². The number of aryl methyl sites for hydroxylation is 1. The summed E-state index contributed by atoms with van der Waals surface area (Å²) in [6.45, 7) is 1.93. The van der Waals surface area contributed by atoms with Crippen LogP contribution in [-0.2, 0) is 6.42 Å². The molecule has 1 unspecified atom stereocenters. The van der Waals surface area contributed by atoms with Crippen LogP contribution in [0.15, 0.2) is 35.2 Å². The van der Waals surface area contributed by atoms with Crippen LogP contribution in [0.5, 0.6) is 0 Å². The molecule has 0 radical (unpaired) electrons. The van der Waals surface area contributed by atoms with Crippen LogP contribution in [0, 0.1) is 0 Å². The molecule has 2 aromatic heterocycles. The zero-order chi connectivity index (χ0) is 13.7. The summed E-state index contributed by atoms with van der Waals surface area (Å²) in [6, 6.07) is 3.79. The average Bonchev–Trinajstić information content (AvgIpc) is 2.90. The van der Waals surface area contributed by atoms with E-state index in [1.165, 1.54) is 12.4 Å². The average molecular weight is 280 g/mol. The van der Waals surface area contributed by atoms with Gasteiger partial charge in [0.1, 0.15) is 16.6 Å². The molecule has 0 aliphatic carbocycles. The fourth-order valence-corrected chi connectivity index (χ4v) is 1.71. The third kappa shape index (κ3) is 4.06. The van der Waals surface area contributed by atoms with E-state index in [1.54, 1.807) is 6.26 Å². The molecule has 0 aliphatic heterocycles. The second-order valence-corrected chi connectivity index (χ2v) is 4.60. The van der Waals surface area contributed by atoms with Crippen molar-refractivity contribution in [2.75, 3.05) is 0 Å². The van der Waals surface area contributed by atoms with Crippen LogP contribution in [0.3, 0.4) is 0 Å². The van der Waals surface area contributed by atoms with E-state index in [0.717, 1.165) is 18.6 Å². The first kappa shape index (κ1) is 13.5. The first-order valence-corrected chi connectivity index (χ1v) is 6.34. The Balaban J connectivity index is 1.83. The first-order chi connectivity index (χ1) is 9.15. The summed E-state index contributed by atoms with van der Waals surface area (Å²) < 4.78 is 5.24. The Morgan fingerprint density at radius 3 is 2.95 bits per heavy atom. The van der Waals surface area contributed by atoms with Gasteiger partial charge in [-0.15, -0.1) is 0 Å². The van der Waals surface area contributed by atoms with E-state index in [1.807, 2.05) is 19.1 Å². The van der Waals surface area contributed by atoms with E-state index in [9.17, 15) is 4.79 Å². The minimum atomic E-state index is -0.254. The van der Waals surface area contributed by atoms with E-state index in [-0.39, 0.29) is 22.8 Å². The number of carbonyl (C=O) groups is 1. The molecule has 6 heteroatoms. The Hall–Kier alpha value is -1.88. The predicted octanol–water partition coefficient (Wildman–Crippen LogP) is 2.47. The molecule has 0 saturated carbocycles. The molecule has 2 aromatic rings. The molecule has 0 bridgehead atoms. The van der Waals surface area contributed by atoms with Crippen molar-refractivity contribution in [2.24, 2.45) is 0 Å². The minimum Gasteiger partial charge on any atom is -0.469 e. The van der Waals surface area contributed by atoms with Crippen LogP contribution >= 0.6 is 11.6 Å². The zero-order valence-electron chi connectivity index (χ0n) is 10.5. The summed E-state index contributed by atoms with van der Waals surface area (Å²) in [7, 11) is 0. The lowest BCUT2D eigenvalue weighted by Gasteiger charge is -2.12. The molecule has 1 amide bonds. The molecule has 19 heavy (non-hydrogen) atoms. The Bertz CT molecular complexity index is 525. The summed E-state index contributed by atoms with van der Waals surface area (Å²) in [4.78, 5) is 19.6. The molecular weight excluding hydrogens is 266 g/mol. The van der Waals surface area contributed by atoms with Crippen molar-refractivity contribution in [3.8, 4) is 0 Å². The number of hydrogen-bond acceptors (Lipinski definition) is 4. The topological polar surface area (TPSA) is 68.0 Å². The van der Waals surface area contributed by atoms with Gasteiger partial charge in [-0.25, -0.2) is 9.97 Å². The lowest BCUT2D eigenvalue weighted by Crippen LogP contribution is -2.33. The van der Waals surface area contributed by atoms with Crippen molar-refractivity contribution in [1.29, 1.82) is 0 Å². The summed E-state index contributed by atoms with van der Waals surface area (Å²) in [5, 5.41) is 3.12. The molecule has 2 rings (SSSR count). The highest BCUT2D eigenvalue weighted by Gasteiger charge is 2.11. The number of aromatic nitrogens is 2. The molecule has 100 valence electrons. The van der Waals surface area contributed by atoms with Gasteiger partial charge in [0.05, 0.1) is 18.7 Å². The lowest BCUT2D eigenvalue weighted by molar-refractivity contribution is 0.0932. The smallest absolute Gasteiger partial charge is 0.271 e. The normalized spacial score (nSPS) is 12.1. The number of nitrogens with zero attached hydrogens (tertiary/aromatic N) is 2. The van der Waals surface area contributed by atoms with Gasteiger partial charge in [0.2, 0.25) is 0 Å². The maximum absolute atomic E-state index is 11.8. The number of nitrogens with one attached hydrogen (secondary N) is 1. The van der Waals surface area contributed by atoms with Crippen LogP contribution in [0.4, 0.5) is 0 Å². The van der Waals surface area contributed by atoms with Crippen LogP contribution in [0.1, 0.15) is 29.6 Å². The van der Waals surface area contributed by atoms with Crippen LogP contribution in [-0.4, -0.2) is 21.9 Å². The van der Waals surface area contributed by atoms with E-state index in [2.05, 4.69) is 15.3 Å². The largest absolute Gasteiger partial charge is 0.469 e. The second-order valence-electron chi connectivity index (χ2n) is 4.22. The molecule has 2 heterocycles. The third-order valence-corrected chi connectivity index (χ3v) is 2.83. The quantitative estimate of drug-likeness (QED) is 0.913. The Morgan fingerprint density at radius 1 is 1.47 bits per heavy atom. The van der Waals surface area contributed by atoms with Crippen molar-refractivity contribution in [1.82, 2.24) is 15.3 Å². The van der Waals surface area contributed by atoms with Crippen molar-refractivity contribution in [3.05, 3.63) is 47.4 Å². The maximum atomic E-state index is 11.8. The van der Waals surface area contributed by atoms with Crippen molar-refractivity contribution < 1.29 is 9.21 Å². The fourth-order valence-electron chi connectivity index (χ4n) is 1.61. The second kappa shape index (κ2) is 6.33. The zero-order valence-corrected chi connectivity index (χ0v) is 11.2. The lowest BCUT2D eigenvalue weighted by atomic mass is 10.1. The molecule has 0 aliphatic rings. The van der Waals surface area contributed by atoms with Gasteiger partial charge in [-0.05, 0) is 25.5 Å². The molecule has 0 spiro atoms. The maximum Gasteiger partial charge on any atom is 0.271 e. The number of rotatable bonds is 5. The van der Waals surface area contributed by atoms with E-state index in [4.69, 9.17) is 16.0 Å². The molecule has 0 fully saturated rings. The van der Waals surface area contributed by atoms with E-state index >= 15 is 0 Å². The Labute approximate surface area is 116 Å². The summed E-state index contributed by atoms with van der Waals surface area (Å²) in [6.07, 6.45) is 5.92. The summed E-state index contributed by atoms with van der Waals surface area (Å²) >= 11 is 5.61. The van der Waals surface area contributed by atoms with E-state index < -0.39 is 0 Å². The van der Waals surface area contributed by atoms with Gasteiger partial charge < -0.3 is 9.73 Å². The highest BCUT2D eigenvalue weighted by Crippen LogP contribution is 2.06. The highest BCUT2D eigenvalue weighted by molar-refractivity contribution is 6.29. The number of halogens is 1. The molecular formula is C13H14ClN3O2. The number of hydrogen-bond donors (Lipinski definition) is 1. The van der Waals surface area contributed by atoms with Crippen molar-refractivity contribution >= 4 is 17.5 Å². The van der Waals surface area contributed by atoms with Crippen LogP contribution in [0.2, 0.25) is 5.15 Å². The van der Waals surface area contributed by atoms with Gasteiger partial charge in [0.15, 0.2) is 0 Å². The van der Waals surface area contributed by atoms with Crippen molar-refractivity contribution in [3.63, 3.8) is 0 Å². The number of furan rings is 1. The third-order valence-electron chi connectivity index (χ3n) is 2.63. The van der Waals surface area contributed by atoms with Gasteiger partial charge in [-0.3, -0.25) is 4.79 Å². The van der Waals surface area contributed by atoms with Gasteiger partial charge >= 0.3 is 0 Å². The fraction of sp³-hybridized carbons (Fsp3) is 0.308. The van der Waals surface area contributed by atoms with E-state index in [0.29, 0.717) is 0 Å². The van der Waals surface area contributed by atoms with Crippen molar-refractivity contribution in [2.45, 2.75) is 25.8 Å². The molecule has 5 nitrogen and oxygen atoms in total. The number of carbonyl (C=O) groups excluding carboxylic acids is 1. The summed E-state index contributed by atoms with van der Waals surface area (Å²) in [5.74, 6) is 0.656. The highest BCUT2D eigenvalue weighted by atomic mass is 35.5. The van der Waals surface area contributed by atoms with Gasteiger partial charge in [0.25, 0.3) is 5.91 Å².